The molecule has 0 radical (unpaired) electrons. The number of amides is 1. The molecule has 0 aromatic heterocycles. The Hall–Kier alpha value is -1.55. The van der Waals surface area contributed by atoms with Crippen molar-refractivity contribution in [2.45, 2.75) is 46.3 Å². The third-order valence-corrected chi connectivity index (χ3v) is 3.76. The van der Waals surface area contributed by atoms with Gasteiger partial charge < -0.3 is 15.0 Å². The van der Waals surface area contributed by atoms with E-state index in [2.05, 4.69) is 37.4 Å². The van der Waals surface area contributed by atoms with Crippen molar-refractivity contribution < 1.29 is 9.53 Å². The summed E-state index contributed by atoms with van der Waals surface area (Å²) in [7, 11) is 0. The Labute approximate surface area is 127 Å². The Morgan fingerprint density at radius 2 is 2.00 bits per heavy atom. The summed E-state index contributed by atoms with van der Waals surface area (Å²) < 4.78 is 5.46. The van der Waals surface area contributed by atoms with Crippen LogP contribution in [0.15, 0.2) is 18.2 Å². The number of aryl methyl sites for hydroxylation is 2. The lowest BCUT2D eigenvalue weighted by Gasteiger charge is -2.35. The van der Waals surface area contributed by atoms with E-state index in [-0.39, 0.29) is 12.1 Å². The summed E-state index contributed by atoms with van der Waals surface area (Å²) in [5.74, 6) is 0. The second-order valence-corrected chi connectivity index (χ2v) is 6.78. The highest BCUT2D eigenvalue weighted by atomic mass is 16.6. The summed E-state index contributed by atoms with van der Waals surface area (Å²) >= 11 is 0. The lowest BCUT2D eigenvalue weighted by atomic mass is 9.99. The number of carbonyl (C=O) groups is 1. The van der Waals surface area contributed by atoms with Crippen molar-refractivity contribution >= 4 is 6.09 Å². The molecule has 1 atom stereocenters. The SMILES string of the molecule is Cc1ccc(C2CN(C(=O)OC(C)(C)C)CCN2)cc1C. The van der Waals surface area contributed by atoms with E-state index < -0.39 is 5.60 Å². The molecule has 1 saturated heterocycles. The van der Waals surface area contributed by atoms with E-state index in [1.807, 2.05) is 20.8 Å². The highest BCUT2D eigenvalue weighted by Gasteiger charge is 2.28. The molecule has 1 N–H and O–H groups in total. The first-order valence-corrected chi connectivity index (χ1v) is 7.55. The van der Waals surface area contributed by atoms with Crippen molar-refractivity contribution in [1.82, 2.24) is 10.2 Å². The molecule has 0 saturated carbocycles. The van der Waals surface area contributed by atoms with Crippen LogP contribution in [-0.4, -0.2) is 36.2 Å². The quantitative estimate of drug-likeness (QED) is 0.863. The van der Waals surface area contributed by atoms with E-state index in [1.54, 1.807) is 4.90 Å². The van der Waals surface area contributed by atoms with Crippen LogP contribution in [0.1, 0.15) is 43.5 Å². The number of carbonyl (C=O) groups excluding carboxylic acids is 1. The van der Waals surface area contributed by atoms with Gasteiger partial charge in [-0.25, -0.2) is 4.79 Å². The number of rotatable bonds is 1. The molecular weight excluding hydrogens is 264 g/mol. The standard InChI is InChI=1S/C17H26N2O2/c1-12-6-7-14(10-13(12)2)15-11-19(9-8-18-15)16(20)21-17(3,4)5/h6-7,10,15,18H,8-9,11H2,1-5H3. The fourth-order valence-electron chi connectivity index (χ4n) is 2.45. The normalized spacial score (nSPS) is 19.5. The van der Waals surface area contributed by atoms with Crippen LogP contribution in [0.5, 0.6) is 0 Å². The first-order chi connectivity index (χ1) is 9.76. The van der Waals surface area contributed by atoms with Crippen LogP contribution in [0, 0.1) is 13.8 Å². The predicted molar refractivity (Wildman–Crippen MR) is 84.5 cm³/mol. The summed E-state index contributed by atoms with van der Waals surface area (Å²) in [5, 5.41) is 3.48. The summed E-state index contributed by atoms with van der Waals surface area (Å²) in [6, 6.07) is 6.65. The molecule has 4 heteroatoms. The van der Waals surface area contributed by atoms with Crippen LogP contribution in [0.25, 0.3) is 0 Å². The number of hydrogen-bond acceptors (Lipinski definition) is 3. The molecule has 1 heterocycles. The Morgan fingerprint density at radius 1 is 1.29 bits per heavy atom. The summed E-state index contributed by atoms with van der Waals surface area (Å²) in [5.41, 5.74) is 3.35. The van der Waals surface area contributed by atoms with Gasteiger partial charge in [0.1, 0.15) is 5.60 Å². The predicted octanol–water partition coefficient (Wildman–Crippen LogP) is 3.18. The van der Waals surface area contributed by atoms with Crippen molar-refractivity contribution in [3.63, 3.8) is 0 Å². The Kier molecular flexibility index (Phi) is 4.57. The topological polar surface area (TPSA) is 41.6 Å². The van der Waals surface area contributed by atoms with Gasteiger partial charge in [-0.05, 0) is 51.3 Å². The third-order valence-electron chi connectivity index (χ3n) is 3.76. The summed E-state index contributed by atoms with van der Waals surface area (Å²) in [6.45, 7) is 12.0. The van der Waals surface area contributed by atoms with Gasteiger partial charge in [0.15, 0.2) is 0 Å². The van der Waals surface area contributed by atoms with E-state index in [4.69, 9.17) is 4.74 Å². The van der Waals surface area contributed by atoms with Gasteiger partial charge >= 0.3 is 6.09 Å². The average Bonchev–Trinajstić information content (AvgIpc) is 2.40. The number of benzene rings is 1. The van der Waals surface area contributed by atoms with Crippen molar-refractivity contribution in [2.75, 3.05) is 19.6 Å². The molecule has 0 bridgehead atoms. The van der Waals surface area contributed by atoms with E-state index in [0.29, 0.717) is 13.1 Å². The second-order valence-electron chi connectivity index (χ2n) is 6.78. The van der Waals surface area contributed by atoms with E-state index in [9.17, 15) is 4.79 Å². The number of piperazine rings is 1. The van der Waals surface area contributed by atoms with Crippen LogP contribution in [0.2, 0.25) is 0 Å². The van der Waals surface area contributed by atoms with Gasteiger partial charge in [-0.1, -0.05) is 18.2 Å². The molecule has 1 aromatic rings. The molecule has 1 aliphatic rings. The van der Waals surface area contributed by atoms with E-state index in [1.165, 1.54) is 16.7 Å². The number of nitrogens with zero attached hydrogens (tertiary/aromatic N) is 1. The maximum atomic E-state index is 12.2. The Balaban J connectivity index is 2.06. The van der Waals surface area contributed by atoms with Gasteiger partial charge in [0.25, 0.3) is 0 Å². The van der Waals surface area contributed by atoms with Crippen LogP contribution in [0.4, 0.5) is 4.79 Å². The van der Waals surface area contributed by atoms with Gasteiger partial charge in [-0.15, -0.1) is 0 Å². The Bertz CT molecular complexity index is 520. The van der Waals surface area contributed by atoms with Gasteiger partial charge in [0, 0.05) is 19.6 Å². The van der Waals surface area contributed by atoms with Gasteiger partial charge in [-0.3, -0.25) is 0 Å². The third kappa shape index (κ3) is 4.21. The fourth-order valence-corrected chi connectivity index (χ4v) is 2.45. The minimum atomic E-state index is -0.447. The lowest BCUT2D eigenvalue weighted by Crippen LogP contribution is -2.49. The minimum Gasteiger partial charge on any atom is -0.444 e. The molecule has 1 amide bonds. The van der Waals surface area contributed by atoms with E-state index >= 15 is 0 Å². The highest BCUT2D eigenvalue weighted by molar-refractivity contribution is 5.68. The molecule has 1 unspecified atom stereocenters. The second kappa shape index (κ2) is 6.06. The molecule has 2 rings (SSSR count). The molecule has 1 aromatic carbocycles. The highest BCUT2D eigenvalue weighted by Crippen LogP contribution is 2.21. The average molecular weight is 290 g/mol. The first kappa shape index (κ1) is 15.8. The smallest absolute Gasteiger partial charge is 0.410 e. The number of ether oxygens (including phenoxy) is 1. The van der Waals surface area contributed by atoms with Crippen LogP contribution in [0.3, 0.4) is 0 Å². The zero-order valence-electron chi connectivity index (χ0n) is 13.7. The molecule has 1 fully saturated rings. The lowest BCUT2D eigenvalue weighted by molar-refractivity contribution is 0.0195. The number of hydrogen-bond donors (Lipinski definition) is 1. The van der Waals surface area contributed by atoms with Crippen molar-refractivity contribution in [3.05, 3.63) is 34.9 Å². The molecular formula is C17H26N2O2. The van der Waals surface area contributed by atoms with Crippen LogP contribution in [-0.2, 0) is 4.74 Å². The first-order valence-electron chi connectivity index (χ1n) is 7.55. The largest absolute Gasteiger partial charge is 0.444 e. The molecule has 21 heavy (non-hydrogen) atoms. The molecule has 0 aliphatic carbocycles. The molecule has 1 aliphatic heterocycles. The zero-order chi connectivity index (χ0) is 15.6. The molecule has 0 spiro atoms. The van der Waals surface area contributed by atoms with Crippen molar-refractivity contribution in [2.24, 2.45) is 0 Å². The maximum absolute atomic E-state index is 12.2. The molecule has 116 valence electrons. The maximum Gasteiger partial charge on any atom is 0.410 e. The Morgan fingerprint density at radius 3 is 2.62 bits per heavy atom. The van der Waals surface area contributed by atoms with Gasteiger partial charge in [0.2, 0.25) is 0 Å². The van der Waals surface area contributed by atoms with Crippen LogP contribution >= 0.6 is 0 Å². The monoisotopic (exact) mass is 290 g/mol. The summed E-state index contributed by atoms with van der Waals surface area (Å²) in [6.07, 6.45) is -0.224. The van der Waals surface area contributed by atoms with Crippen molar-refractivity contribution in [1.29, 1.82) is 0 Å². The zero-order valence-corrected chi connectivity index (χ0v) is 13.7. The van der Waals surface area contributed by atoms with Gasteiger partial charge in [0.05, 0.1) is 6.04 Å². The minimum absolute atomic E-state index is 0.172. The van der Waals surface area contributed by atoms with Crippen molar-refractivity contribution in [3.8, 4) is 0 Å². The number of nitrogens with one attached hydrogen (secondary N) is 1. The molecule has 4 nitrogen and oxygen atoms in total. The van der Waals surface area contributed by atoms with Gasteiger partial charge in [-0.2, -0.15) is 0 Å². The fraction of sp³-hybridized carbons (Fsp3) is 0.588. The van der Waals surface area contributed by atoms with E-state index in [0.717, 1.165) is 6.54 Å². The summed E-state index contributed by atoms with van der Waals surface area (Å²) in [4.78, 5) is 14.0. The van der Waals surface area contributed by atoms with Crippen LogP contribution < -0.4 is 5.32 Å².